The van der Waals surface area contributed by atoms with E-state index in [2.05, 4.69) is 9.55 Å². The zero-order chi connectivity index (χ0) is 12.5. The molecule has 0 bridgehead atoms. The Labute approximate surface area is 117 Å². The van der Waals surface area contributed by atoms with Gasteiger partial charge < -0.3 is 4.57 Å². The van der Waals surface area contributed by atoms with Gasteiger partial charge in [0, 0.05) is 12.2 Å². The van der Waals surface area contributed by atoms with Crippen LogP contribution in [0, 0.1) is 0 Å². The van der Waals surface area contributed by atoms with E-state index in [4.69, 9.17) is 23.2 Å². The molecule has 0 N–H and O–H groups in total. The van der Waals surface area contributed by atoms with Crippen molar-refractivity contribution in [2.75, 3.05) is 0 Å². The summed E-state index contributed by atoms with van der Waals surface area (Å²) in [5, 5.41) is 1.22. The molecule has 0 amide bonds. The molecule has 0 radical (unpaired) electrons. The van der Waals surface area contributed by atoms with E-state index in [-0.39, 0.29) is 0 Å². The summed E-state index contributed by atoms with van der Waals surface area (Å²) in [5.74, 6) is 0. The van der Waals surface area contributed by atoms with E-state index >= 15 is 0 Å². The number of imidazole rings is 1. The maximum Gasteiger partial charge on any atom is 0.0954 e. The molecule has 0 unspecified atom stereocenters. The number of aryl methyl sites for hydroxylation is 1. The largest absolute Gasteiger partial charge is 0.330 e. The van der Waals surface area contributed by atoms with Crippen molar-refractivity contribution in [3.8, 4) is 0 Å². The van der Waals surface area contributed by atoms with Crippen LogP contribution in [0.2, 0.25) is 10.0 Å². The van der Waals surface area contributed by atoms with Crippen molar-refractivity contribution < 1.29 is 0 Å². The van der Waals surface area contributed by atoms with Crippen LogP contribution < -0.4 is 0 Å². The van der Waals surface area contributed by atoms with Gasteiger partial charge in [-0.25, -0.2) is 4.98 Å². The Bertz CT molecular complexity index is 575. The maximum absolute atomic E-state index is 6.04. The summed E-state index contributed by atoms with van der Waals surface area (Å²) in [7, 11) is 0. The SMILES string of the molecule is Clc1ccc(Cn2cnc3c2CCCC3)cc1Cl. The summed E-state index contributed by atoms with van der Waals surface area (Å²) in [6.07, 6.45) is 6.72. The normalized spacial score (nSPS) is 14.6. The minimum atomic E-state index is 0.605. The molecule has 1 aliphatic rings. The van der Waals surface area contributed by atoms with Gasteiger partial charge in [-0.3, -0.25) is 0 Å². The van der Waals surface area contributed by atoms with E-state index in [1.807, 2.05) is 24.5 Å². The first kappa shape index (κ1) is 12.1. The standard InChI is InChI=1S/C14H14Cl2N2/c15-11-6-5-10(7-12(11)16)8-18-9-17-13-3-1-2-4-14(13)18/h5-7,9H,1-4,8H2. The van der Waals surface area contributed by atoms with Crippen LogP contribution >= 0.6 is 23.2 Å². The quantitative estimate of drug-likeness (QED) is 0.809. The lowest BCUT2D eigenvalue weighted by atomic mass is 10.0. The Hall–Kier alpha value is -0.990. The molecule has 94 valence electrons. The number of nitrogens with zero attached hydrogens (tertiary/aromatic N) is 2. The minimum Gasteiger partial charge on any atom is -0.330 e. The highest BCUT2D eigenvalue weighted by molar-refractivity contribution is 6.42. The van der Waals surface area contributed by atoms with E-state index in [1.165, 1.54) is 24.2 Å². The molecule has 0 atom stereocenters. The molecule has 18 heavy (non-hydrogen) atoms. The number of aromatic nitrogens is 2. The molecule has 0 aliphatic heterocycles. The second-order valence-corrected chi connectivity index (χ2v) is 5.54. The number of fused-ring (bicyclic) bond motifs is 1. The first-order valence-electron chi connectivity index (χ1n) is 6.21. The summed E-state index contributed by atoms with van der Waals surface area (Å²) < 4.78 is 2.23. The molecule has 1 aromatic carbocycles. The van der Waals surface area contributed by atoms with Gasteiger partial charge in [0.2, 0.25) is 0 Å². The maximum atomic E-state index is 6.04. The van der Waals surface area contributed by atoms with Crippen molar-refractivity contribution in [2.24, 2.45) is 0 Å². The number of hydrogen-bond acceptors (Lipinski definition) is 1. The average molecular weight is 281 g/mol. The summed E-state index contributed by atoms with van der Waals surface area (Å²) in [6.45, 7) is 0.819. The lowest BCUT2D eigenvalue weighted by Crippen LogP contribution is -2.08. The molecule has 0 spiro atoms. The lowest BCUT2D eigenvalue weighted by molar-refractivity contribution is 0.628. The Morgan fingerprint density at radius 3 is 2.78 bits per heavy atom. The van der Waals surface area contributed by atoms with Crippen LogP contribution in [0.1, 0.15) is 29.8 Å². The zero-order valence-electron chi connectivity index (χ0n) is 10.00. The zero-order valence-corrected chi connectivity index (χ0v) is 11.5. The van der Waals surface area contributed by atoms with Gasteiger partial charge >= 0.3 is 0 Å². The number of benzene rings is 1. The van der Waals surface area contributed by atoms with Crippen LogP contribution in [0.4, 0.5) is 0 Å². The summed E-state index contributed by atoms with van der Waals surface area (Å²) in [4.78, 5) is 4.50. The molecule has 1 aromatic heterocycles. The Balaban J connectivity index is 1.88. The minimum absolute atomic E-state index is 0.605. The fourth-order valence-electron chi connectivity index (χ4n) is 2.50. The van der Waals surface area contributed by atoms with Crippen molar-refractivity contribution in [3.05, 3.63) is 51.5 Å². The van der Waals surface area contributed by atoms with Gasteiger partial charge in [0.15, 0.2) is 0 Å². The highest BCUT2D eigenvalue weighted by Gasteiger charge is 2.15. The van der Waals surface area contributed by atoms with Crippen molar-refractivity contribution >= 4 is 23.2 Å². The van der Waals surface area contributed by atoms with Gasteiger partial charge in [-0.05, 0) is 43.4 Å². The third kappa shape index (κ3) is 2.27. The number of rotatable bonds is 2. The molecule has 0 fully saturated rings. The molecule has 0 saturated heterocycles. The second kappa shape index (κ2) is 4.94. The van der Waals surface area contributed by atoms with Crippen LogP contribution in [0.5, 0.6) is 0 Å². The molecule has 1 aliphatic carbocycles. The van der Waals surface area contributed by atoms with Crippen LogP contribution in [0.15, 0.2) is 24.5 Å². The Morgan fingerprint density at radius 1 is 1.11 bits per heavy atom. The molecule has 0 saturated carbocycles. The summed E-state index contributed by atoms with van der Waals surface area (Å²) in [6, 6.07) is 5.80. The lowest BCUT2D eigenvalue weighted by Gasteiger charge is -2.14. The average Bonchev–Trinajstić information content (AvgIpc) is 2.78. The number of halogens is 2. The predicted molar refractivity (Wildman–Crippen MR) is 74.4 cm³/mol. The predicted octanol–water partition coefficient (Wildman–Crippen LogP) is 4.12. The topological polar surface area (TPSA) is 17.8 Å². The molecule has 2 nitrogen and oxygen atoms in total. The van der Waals surface area contributed by atoms with Crippen LogP contribution in [0.3, 0.4) is 0 Å². The molecule has 4 heteroatoms. The fourth-order valence-corrected chi connectivity index (χ4v) is 2.82. The van der Waals surface area contributed by atoms with E-state index in [0.717, 1.165) is 24.9 Å². The van der Waals surface area contributed by atoms with Gasteiger partial charge in [0.05, 0.1) is 22.1 Å². The van der Waals surface area contributed by atoms with Crippen molar-refractivity contribution in [3.63, 3.8) is 0 Å². The molecular formula is C14H14Cl2N2. The molecule has 1 heterocycles. The summed E-state index contributed by atoms with van der Waals surface area (Å²) in [5.41, 5.74) is 3.81. The first-order valence-corrected chi connectivity index (χ1v) is 6.96. The first-order chi connectivity index (χ1) is 8.74. The Kier molecular flexibility index (Phi) is 3.31. The van der Waals surface area contributed by atoms with Gasteiger partial charge in [0.25, 0.3) is 0 Å². The highest BCUT2D eigenvalue weighted by atomic mass is 35.5. The van der Waals surface area contributed by atoms with Gasteiger partial charge in [0.1, 0.15) is 0 Å². The second-order valence-electron chi connectivity index (χ2n) is 4.72. The van der Waals surface area contributed by atoms with E-state index in [9.17, 15) is 0 Å². The van der Waals surface area contributed by atoms with Crippen molar-refractivity contribution in [1.29, 1.82) is 0 Å². The monoisotopic (exact) mass is 280 g/mol. The molecular weight excluding hydrogens is 267 g/mol. The van der Waals surface area contributed by atoms with Crippen LogP contribution in [-0.4, -0.2) is 9.55 Å². The van der Waals surface area contributed by atoms with Gasteiger partial charge in [-0.1, -0.05) is 29.3 Å². The van der Waals surface area contributed by atoms with Gasteiger partial charge in [-0.2, -0.15) is 0 Å². The smallest absolute Gasteiger partial charge is 0.0954 e. The van der Waals surface area contributed by atoms with Crippen molar-refractivity contribution in [2.45, 2.75) is 32.2 Å². The van der Waals surface area contributed by atoms with E-state index in [1.54, 1.807) is 0 Å². The van der Waals surface area contributed by atoms with Crippen molar-refractivity contribution in [1.82, 2.24) is 9.55 Å². The fraction of sp³-hybridized carbons (Fsp3) is 0.357. The van der Waals surface area contributed by atoms with E-state index < -0.39 is 0 Å². The van der Waals surface area contributed by atoms with Crippen LogP contribution in [0.25, 0.3) is 0 Å². The van der Waals surface area contributed by atoms with Crippen LogP contribution in [-0.2, 0) is 19.4 Å². The third-order valence-corrected chi connectivity index (χ3v) is 4.19. The number of hydrogen-bond donors (Lipinski definition) is 0. The molecule has 2 aromatic rings. The van der Waals surface area contributed by atoms with E-state index in [0.29, 0.717) is 10.0 Å². The Morgan fingerprint density at radius 2 is 1.94 bits per heavy atom. The third-order valence-electron chi connectivity index (χ3n) is 3.45. The molecule has 3 rings (SSSR count). The van der Waals surface area contributed by atoms with Gasteiger partial charge in [-0.15, -0.1) is 0 Å². The highest BCUT2D eigenvalue weighted by Crippen LogP contribution is 2.25. The summed E-state index contributed by atoms with van der Waals surface area (Å²) >= 11 is 12.0.